The van der Waals surface area contributed by atoms with Gasteiger partial charge in [0.25, 0.3) is 0 Å². The van der Waals surface area contributed by atoms with E-state index in [9.17, 15) is 9.90 Å². The second-order valence-electron chi connectivity index (χ2n) is 7.43. The van der Waals surface area contributed by atoms with Crippen molar-refractivity contribution < 1.29 is 14.6 Å². The van der Waals surface area contributed by atoms with Crippen LogP contribution in [0.1, 0.15) is 24.0 Å². The smallest absolute Gasteiger partial charge is 0.223 e. The van der Waals surface area contributed by atoms with Gasteiger partial charge in [-0.15, -0.1) is 0 Å². The topological polar surface area (TPSA) is 61.8 Å². The van der Waals surface area contributed by atoms with E-state index in [0.717, 1.165) is 37.1 Å². The monoisotopic (exact) mass is 382 g/mol. The molecule has 150 valence electrons. The van der Waals surface area contributed by atoms with Crippen LogP contribution < -0.4 is 5.32 Å². The summed E-state index contributed by atoms with van der Waals surface area (Å²) in [5.74, 6) is 0.196. The van der Waals surface area contributed by atoms with E-state index in [1.54, 1.807) is 0 Å². The van der Waals surface area contributed by atoms with E-state index in [-0.39, 0.29) is 11.8 Å². The van der Waals surface area contributed by atoms with E-state index in [0.29, 0.717) is 26.3 Å². The van der Waals surface area contributed by atoms with Gasteiger partial charge < -0.3 is 20.1 Å². The lowest BCUT2D eigenvalue weighted by atomic mass is 9.95. The zero-order valence-electron chi connectivity index (χ0n) is 16.3. The summed E-state index contributed by atoms with van der Waals surface area (Å²) >= 11 is 0. The van der Waals surface area contributed by atoms with Crippen molar-refractivity contribution in [1.29, 1.82) is 0 Å². The summed E-state index contributed by atoms with van der Waals surface area (Å²) in [7, 11) is 0. The number of benzene rings is 2. The molecule has 5 heteroatoms. The molecule has 0 aliphatic carbocycles. The van der Waals surface area contributed by atoms with E-state index in [1.807, 2.05) is 60.7 Å². The lowest BCUT2D eigenvalue weighted by Crippen LogP contribution is -2.43. The summed E-state index contributed by atoms with van der Waals surface area (Å²) in [4.78, 5) is 14.6. The average molecular weight is 383 g/mol. The van der Waals surface area contributed by atoms with E-state index in [4.69, 9.17) is 4.74 Å². The summed E-state index contributed by atoms with van der Waals surface area (Å²) in [6.45, 7) is 3.68. The van der Waals surface area contributed by atoms with Gasteiger partial charge in [-0.2, -0.15) is 0 Å². The fraction of sp³-hybridized carbons (Fsp3) is 0.435. The molecule has 0 radical (unpaired) electrons. The molecule has 1 amide bonds. The first-order chi connectivity index (χ1) is 13.7. The number of aliphatic hydroxyl groups excluding tert-OH is 1. The predicted molar refractivity (Wildman–Crippen MR) is 110 cm³/mol. The molecule has 3 rings (SSSR count). The van der Waals surface area contributed by atoms with Crippen molar-refractivity contribution in [2.45, 2.75) is 32.1 Å². The summed E-state index contributed by atoms with van der Waals surface area (Å²) < 4.78 is 5.62. The third-order valence-electron chi connectivity index (χ3n) is 5.16. The van der Waals surface area contributed by atoms with Crippen LogP contribution in [0.5, 0.6) is 0 Å². The SMILES string of the molecule is O=C(NCc1ccccc1)C1CCN(CC(O)COCc2ccccc2)CC1. The van der Waals surface area contributed by atoms with Gasteiger partial charge in [-0.1, -0.05) is 60.7 Å². The molecule has 2 aromatic carbocycles. The number of carbonyl (C=O) groups excluding carboxylic acids is 1. The number of hydrogen-bond donors (Lipinski definition) is 2. The van der Waals surface area contributed by atoms with Crippen LogP contribution >= 0.6 is 0 Å². The molecule has 5 nitrogen and oxygen atoms in total. The van der Waals surface area contributed by atoms with E-state index in [2.05, 4.69) is 10.2 Å². The number of ether oxygens (including phenoxy) is 1. The number of carbonyl (C=O) groups is 1. The number of hydrogen-bond acceptors (Lipinski definition) is 4. The number of β-amino-alcohol motifs (C(OH)–C–C–N with tert-alkyl or cyclic N) is 1. The van der Waals surface area contributed by atoms with Gasteiger partial charge in [-0.05, 0) is 37.1 Å². The fourth-order valence-corrected chi connectivity index (χ4v) is 3.54. The van der Waals surface area contributed by atoms with Gasteiger partial charge in [-0.3, -0.25) is 4.79 Å². The molecule has 1 aliphatic rings. The number of nitrogens with one attached hydrogen (secondary N) is 1. The van der Waals surface area contributed by atoms with Crippen LogP contribution in [-0.4, -0.2) is 48.3 Å². The highest BCUT2D eigenvalue weighted by Crippen LogP contribution is 2.18. The summed E-state index contributed by atoms with van der Waals surface area (Å²) in [5.41, 5.74) is 2.23. The Morgan fingerprint density at radius 2 is 1.64 bits per heavy atom. The zero-order valence-corrected chi connectivity index (χ0v) is 16.3. The van der Waals surface area contributed by atoms with Gasteiger partial charge in [0.15, 0.2) is 0 Å². The molecular weight excluding hydrogens is 352 g/mol. The van der Waals surface area contributed by atoms with E-state index < -0.39 is 6.10 Å². The molecule has 0 saturated carbocycles. The molecule has 2 N–H and O–H groups in total. The minimum absolute atomic E-state index is 0.0615. The number of piperidine rings is 1. The maximum absolute atomic E-state index is 12.4. The van der Waals surface area contributed by atoms with Crippen LogP contribution in [0.15, 0.2) is 60.7 Å². The quantitative estimate of drug-likeness (QED) is 0.700. The summed E-state index contributed by atoms with van der Waals surface area (Å²) in [6.07, 6.45) is 1.16. The molecular formula is C23H30N2O3. The average Bonchev–Trinajstić information content (AvgIpc) is 2.74. The molecule has 0 spiro atoms. The predicted octanol–water partition coefficient (Wildman–Crippen LogP) is 2.59. The minimum atomic E-state index is -0.507. The lowest BCUT2D eigenvalue weighted by Gasteiger charge is -2.32. The van der Waals surface area contributed by atoms with Crippen LogP contribution in [0.2, 0.25) is 0 Å². The molecule has 2 aromatic rings. The molecule has 1 unspecified atom stereocenters. The Labute approximate surface area is 167 Å². The number of nitrogens with zero attached hydrogens (tertiary/aromatic N) is 1. The molecule has 0 bridgehead atoms. The first kappa shape index (κ1) is 20.5. The van der Waals surface area contributed by atoms with Crippen LogP contribution in [-0.2, 0) is 22.7 Å². The molecule has 1 saturated heterocycles. The van der Waals surface area contributed by atoms with Crippen molar-refractivity contribution >= 4 is 5.91 Å². The highest BCUT2D eigenvalue weighted by molar-refractivity contribution is 5.78. The fourth-order valence-electron chi connectivity index (χ4n) is 3.54. The second kappa shape index (κ2) is 11.0. The van der Waals surface area contributed by atoms with E-state index >= 15 is 0 Å². The standard InChI is InChI=1S/C23H30N2O3/c26-22(18-28-17-20-9-5-2-6-10-20)16-25-13-11-21(12-14-25)23(27)24-15-19-7-3-1-4-8-19/h1-10,21-22,26H,11-18H2,(H,24,27). The third-order valence-corrected chi connectivity index (χ3v) is 5.16. The highest BCUT2D eigenvalue weighted by atomic mass is 16.5. The molecule has 28 heavy (non-hydrogen) atoms. The molecule has 1 atom stereocenters. The maximum atomic E-state index is 12.4. The first-order valence-electron chi connectivity index (χ1n) is 10.0. The zero-order chi connectivity index (χ0) is 19.6. The van der Waals surface area contributed by atoms with Crippen molar-refractivity contribution in [3.05, 3.63) is 71.8 Å². The highest BCUT2D eigenvalue weighted by Gasteiger charge is 2.25. The Morgan fingerprint density at radius 3 is 2.29 bits per heavy atom. The lowest BCUT2D eigenvalue weighted by molar-refractivity contribution is -0.126. The largest absolute Gasteiger partial charge is 0.389 e. The molecule has 1 aliphatic heterocycles. The van der Waals surface area contributed by atoms with Gasteiger partial charge in [0, 0.05) is 19.0 Å². The Hall–Kier alpha value is -2.21. The van der Waals surface area contributed by atoms with Crippen LogP contribution in [0.25, 0.3) is 0 Å². The first-order valence-corrected chi connectivity index (χ1v) is 10.0. The Bertz CT molecular complexity index is 700. The van der Waals surface area contributed by atoms with Crippen molar-refractivity contribution in [2.24, 2.45) is 5.92 Å². The Morgan fingerprint density at radius 1 is 1.04 bits per heavy atom. The normalized spacial score (nSPS) is 16.6. The number of aliphatic hydroxyl groups is 1. The number of rotatable bonds is 9. The second-order valence-corrected chi connectivity index (χ2v) is 7.43. The van der Waals surface area contributed by atoms with Crippen molar-refractivity contribution in [3.63, 3.8) is 0 Å². The molecule has 1 heterocycles. The van der Waals surface area contributed by atoms with Crippen molar-refractivity contribution in [1.82, 2.24) is 10.2 Å². The van der Waals surface area contributed by atoms with Gasteiger partial charge >= 0.3 is 0 Å². The Balaban J connectivity index is 1.30. The molecule has 1 fully saturated rings. The van der Waals surface area contributed by atoms with Crippen molar-refractivity contribution in [2.75, 3.05) is 26.2 Å². The minimum Gasteiger partial charge on any atom is -0.389 e. The maximum Gasteiger partial charge on any atom is 0.223 e. The number of amides is 1. The van der Waals surface area contributed by atoms with Crippen molar-refractivity contribution in [3.8, 4) is 0 Å². The summed E-state index contributed by atoms with van der Waals surface area (Å²) in [6, 6.07) is 19.9. The Kier molecular flexibility index (Phi) is 8.03. The van der Waals surface area contributed by atoms with Gasteiger partial charge in [0.05, 0.1) is 19.3 Å². The summed E-state index contributed by atoms with van der Waals surface area (Å²) in [5, 5.41) is 13.3. The van der Waals surface area contributed by atoms with Gasteiger partial charge in [0.2, 0.25) is 5.91 Å². The number of likely N-dealkylation sites (tertiary alicyclic amines) is 1. The molecule has 0 aromatic heterocycles. The van der Waals surface area contributed by atoms with E-state index in [1.165, 1.54) is 0 Å². The van der Waals surface area contributed by atoms with Gasteiger partial charge in [-0.25, -0.2) is 0 Å². The van der Waals surface area contributed by atoms with Crippen LogP contribution in [0, 0.1) is 5.92 Å². The van der Waals surface area contributed by atoms with Crippen LogP contribution in [0.4, 0.5) is 0 Å². The van der Waals surface area contributed by atoms with Crippen LogP contribution in [0.3, 0.4) is 0 Å². The third kappa shape index (κ3) is 6.75. The van der Waals surface area contributed by atoms with Gasteiger partial charge in [0.1, 0.15) is 0 Å².